The first-order valence-corrected chi connectivity index (χ1v) is 14.2. The van der Waals surface area contributed by atoms with Crippen LogP contribution in [-0.2, 0) is 6.18 Å². The van der Waals surface area contributed by atoms with Gasteiger partial charge in [0, 0.05) is 31.0 Å². The molecule has 2 aromatic heterocycles. The molecule has 4 aromatic rings. The average Bonchev–Trinajstić information content (AvgIpc) is 3.00. The zero-order valence-corrected chi connectivity index (χ0v) is 23.7. The van der Waals surface area contributed by atoms with E-state index in [-0.39, 0.29) is 59.3 Å². The SMILES string of the molecule is NC[C@@H]1CCCN(c2c(/C=C(\F)c3cc4nccnc4c(N4CC(F)(F)C4)n3)ccc(Oc3ccccc3F)c2C(F)(F)F)C1. The third kappa shape index (κ3) is 6.23. The second kappa shape index (κ2) is 11.8. The molecular formula is C31H27F7N6O. The molecule has 0 saturated carbocycles. The van der Waals surface area contributed by atoms with E-state index in [1.807, 2.05) is 0 Å². The van der Waals surface area contributed by atoms with Crippen LogP contribution in [0.25, 0.3) is 22.9 Å². The third-order valence-electron chi connectivity index (χ3n) is 7.79. The Morgan fingerprint density at radius 1 is 1.04 bits per heavy atom. The predicted octanol–water partition coefficient (Wildman–Crippen LogP) is 7.07. The van der Waals surface area contributed by atoms with Crippen molar-refractivity contribution in [1.82, 2.24) is 15.0 Å². The zero-order chi connectivity index (χ0) is 31.9. The largest absolute Gasteiger partial charge is 0.454 e. The highest BCUT2D eigenvalue weighted by atomic mass is 19.4. The van der Waals surface area contributed by atoms with Gasteiger partial charge in [0.25, 0.3) is 5.92 Å². The summed E-state index contributed by atoms with van der Waals surface area (Å²) in [5.41, 5.74) is 4.20. The summed E-state index contributed by atoms with van der Waals surface area (Å²) >= 11 is 0. The fraction of sp³-hybridized carbons (Fsp3) is 0.323. The second-order valence-electron chi connectivity index (χ2n) is 11.1. The van der Waals surface area contributed by atoms with Crippen molar-refractivity contribution in [1.29, 1.82) is 0 Å². The van der Waals surface area contributed by atoms with Gasteiger partial charge in [0.15, 0.2) is 17.4 Å². The van der Waals surface area contributed by atoms with Gasteiger partial charge in [0.1, 0.15) is 28.4 Å². The Kier molecular flexibility index (Phi) is 8.02. The minimum absolute atomic E-state index is 0.0169. The highest BCUT2D eigenvalue weighted by Gasteiger charge is 2.45. The number of benzene rings is 2. The molecule has 2 N–H and O–H groups in total. The number of anilines is 2. The zero-order valence-electron chi connectivity index (χ0n) is 23.7. The van der Waals surface area contributed by atoms with Gasteiger partial charge in [-0.1, -0.05) is 12.1 Å². The number of ether oxygens (including phenoxy) is 1. The monoisotopic (exact) mass is 632 g/mol. The Labute approximate surface area is 253 Å². The topological polar surface area (TPSA) is 80.4 Å². The molecule has 0 unspecified atom stereocenters. The smallest absolute Gasteiger partial charge is 0.422 e. The molecule has 2 aromatic carbocycles. The van der Waals surface area contributed by atoms with Crippen LogP contribution < -0.4 is 20.3 Å². The molecule has 4 heterocycles. The molecule has 7 nitrogen and oxygen atoms in total. The Bertz CT molecular complexity index is 1750. The molecule has 45 heavy (non-hydrogen) atoms. The summed E-state index contributed by atoms with van der Waals surface area (Å²) in [6.07, 6.45) is -0.145. The van der Waals surface area contributed by atoms with Gasteiger partial charge in [-0.3, -0.25) is 4.98 Å². The van der Waals surface area contributed by atoms with Crippen LogP contribution in [0.3, 0.4) is 0 Å². The van der Waals surface area contributed by atoms with Crippen molar-refractivity contribution < 1.29 is 35.5 Å². The van der Waals surface area contributed by atoms with Gasteiger partial charge in [-0.25, -0.2) is 27.5 Å². The molecule has 2 fully saturated rings. The molecular weight excluding hydrogens is 605 g/mol. The van der Waals surface area contributed by atoms with E-state index >= 15 is 4.39 Å². The van der Waals surface area contributed by atoms with Crippen LogP contribution in [0.2, 0.25) is 0 Å². The number of nitrogens with two attached hydrogens (primary N) is 1. The number of halogens is 7. The molecule has 6 rings (SSSR count). The van der Waals surface area contributed by atoms with Gasteiger partial charge >= 0.3 is 6.18 Å². The number of rotatable bonds is 7. The second-order valence-corrected chi connectivity index (χ2v) is 11.1. The number of hydrogen-bond donors (Lipinski definition) is 1. The van der Waals surface area contributed by atoms with Crippen LogP contribution in [-0.4, -0.2) is 53.6 Å². The molecule has 2 saturated heterocycles. The van der Waals surface area contributed by atoms with Crippen molar-refractivity contribution >= 4 is 34.4 Å². The predicted molar refractivity (Wildman–Crippen MR) is 155 cm³/mol. The fourth-order valence-corrected chi connectivity index (χ4v) is 5.68. The molecule has 0 amide bonds. The summed E-state index contributed by atoms with van der Waals surface area (Å²) in [6.45, 7) is -0.672. The molecule has 236 valence electrons. The van der Waals surface area contributed by atoms with Gasteiger partial charge in [-0.05, 0) is 61.7 Å². The highest BCUT2D eigenvalue weighted by molar-refractivity contribution is 5.91. The van der Waals surface area contributed by atoms with Crippen molar-refractivity contribution in [3.63, 3.8) is 0 Å². The lowest BCUT2D eigenvalue weighted by molar-refractivity contribution is -0.138. The maximum atomic E-state index is 16.1. The Morgan fingerprint density at radius 2 is 1.80 bits per heavy atom. The van der Waals surface area contributed by atoms with E-state index in [0.717, 1.165) is 18.2 Å². The Morgan fingerprint density at radius 3 is 2.51 bits per heavy atom. The summed E-state index contributed by atoms with van der Waals surface area (Å²) in [7, 11) is 0. The van der Waals surface area contributed by atoms with Crippen molar-refractivity contribution in [3.05, 3.63) is 77.5 Å². The Balaban J connectivity index is 1.50. The highest BCUT2D eigenvalue weighted by Crippen LogP contribution is 2.48. The standard InChI is InChI=1S/C31H27F7N6O/c32-20-5-1-2-6-24(20)45-25-8-7-19(28(26(25)31(36,37)38)43-11-3-4-18(14-39)15-43)12-21(33)22-13-23-27(41-10-9-40-23)29(42-22)44-16-30(34,35)17-44/h1-2,5-10,12-13,18H,3-4,11,14-17,39H2/b21-12-/t18-/m0/s1. The summed E-state index contributed by atoms with van der Waals surface area (Å²) in [4.78, 5) is 15.3. The molecule has 2 aliphatic heterocycles. The molecule has 1 atom stereocenters. The van der Waals surface area contributed by atoms with Gasteiger partial charge in [-0.2, -0.15) is 13.2 Å². The number of aromatic nitrogens is 3. The van der Waals surface area contributed by atoms with Crippen molar-refractivity contribution in [2.24, 2.45) is 11.7 Å². The van der Waals surface area contributed by atoms with Crippen molar-refractivity contribution in [2.75, 3.05) is 42.5 Å². The van der Waals surface area contributed by atoms with Gasteiger partial charge < -0.3 is 20.3 Å². The van der Waals surface area contributed by atoms with Gasteiger partial charge in [0.2, 0.25) is 0 Å². The first-order valence-electron chi connectivity index (χ1n) is 14.2. The molecule has 2 aliphatic rings. The summed E-state index contributed by atoms with van der Waals surface area (Å²) in [5, 5.41) is 0. The lowest BCUT2D eigenvalue weighted by atomic mass is 9.95. The number of para-hydroxylation sites is 1. The van der Waals surface area contributed by atoms with E-state index in [4.69, 9.17) is 10.5 Å². The first kappa shape index (κ1) is 30.6. The lowest BCUT2D eigenvalue weighted by Gasteiger charge is -2.39. The molecule has 14 heteroatoms. The third-order valence-corrected chi connectivity index (χ3v) is 7.79. The van der Waals surface area contributed by atoms with E-state index in [0.29, 0.717) is 12.8 Å². The van der Waals surface area contributed by atoms with Crippen LogP contribution in [0.4, 0.5) is 42.2 Å². The number of fused-ring (bicyclic) bond motifs is 1. The minimum Gasteiger partial charge on any atom is -0.454 e. The lowest BCUT2D eigenvalue weighted by Crippen LogP contribution is -2.56. The number of nitrogens with zero attached hydrogens (tertiary/aromatic N) is 5. The Hall–Kier alpha value is -4.46. The van der Waals surface area contributed by atoms with E-state index in [9.17, 15) is 26.3 Å². The number of hydrogen-bond acceptors (Lipinski definition) is 7. The van der Waals surface area contributed by atoms with Gasteiger partial charge in [-0.15, -0.1) is 0 Å². The van der Waals surface area contributed by atoms with E-state index in [1.54, 1.807) is 0 Å². The number of alkyl halides is 5. The number of pyridine rings is 1. The normalized spacial score (nSPS) is 18.7. The van der Waals surface area contributed by atoms with E-state index in [1.165, 1.54) is 52.5 Å². The maximum absolute atomic E-state index is 16.1. The summed E-state index contributed by atoms with van der Waals surface area (Å²) in [6, 6.07) is 8.57. The van der Waals surface area contributed by atoms with E-state index < -0.39 is 53.9 Å². The van der Waals surface area contributed by atoms with Crippen LogP contribution in [0.15, 0.2) is 54.9 Å². The molecule has 0 aliphatic carbocycles. The van der Waals surface area contributed by atoms with Crippen LogP contribution >= 0.6 is 0 Å². The molecule has 0 spiro atoms. The van der Waals surface area contributed by atoms with Gasteiger partial charge in [0.05, 0.1) is 24.3 Å². The molecule has 0 bridgehead atoms. The fourth-order valence-electron chi connectivity index (χ4n) is 5.68. The van der Waals surface area contributed by atoms with Crippen LogP contribution in [0.1, 0.15) is 29.7 Å². The summed E-state index contributed by atoms with van der Waals surface area (Å²) in [5.74, 6) is -6.04. The van der Waals surface area contributed by atoms with Crippen LogP contribution in [0.5, 0.6) is 11.5 Å². The molecule has 0 radical (unpaired) electrons. The summed E-state index contributed by atoms with van der Waals surface area (Å²) < 4.78 is 108. The first-order chi connectivity index (χ1) is 21.4. The van der Waals surface area contributed by atoms with Crippen LogP contribution in [0, 0.1) is 11.7 Å². The van der Waals surface area contributed by atoms with E-state index in [2.05, 4.69) is 15.0 Å². The number of piperidine rings is 1. The maximum Gasteiger partial charge on any atom is 0.422 e. The minimum atomic E-state index is -4.99. The van der Waals surface area contributed by atoms with Crippen molar-refractivity contribution in [3.8, 4) is 11.5 Å². The average molecular weight is 633 g/mol. The van der Waals surface area contributed by atoms with Crippen molar-refractivity contribution in [2.45, 2.75) is 24.9 Å². The quantitative estimate of drug-likeness (QED) is 0.218.